The molecule has 1 fully saturated rings. The van der Waals surface area contributed by atoms with Crippen LogP contribution in [0.3, 0.4) is 0 Å². The van der Waals surface area contributed by atoms with Crippen molar-refractivity contribution < 1.29 is 17.9 Å². The smallest absolute Gasteiger partial charge is 0.154 e. The zero-order chi connectivity index (χ0) is 13.2. The predicted molar refractivity (Wildman–Crippen MR) is 66.6 cm³/mol. The third-order valence-corrected chi connectivity index (χ3v) is 4.80. The Hall–Kier alpha value is -0.980. The molecule has 18 heavy (non-hydrogen) atoms. The van der Waals surface area contributed by atoms with E-state index in [9.17, 15) is 17.9 Å². The van der Waals surface area contributed by atoms with Gasteiger partial charge in [-0.1, -0.05) is 18.2 Å². The number of rotatable bonds is 4. The summed E-state index contributed by atoms with van der Waals surface area (Å²) in [5.41, 5.74) is 0.584. The fourth-order valence-corrected chi connectivity index (χ4v) is 3.89. The maximum atomic E-state index is 13.3. The minimum atomic E-state index is -3.13. The largest absolute Gasteiger partial charge is 0.390 e. The molecule has 2 rings (SSSR count). The summed E-state index contributed by atoms with van der Waals surface area (Å²) in [6.45, 7) is 0.443. The summed E-state index contributed by atoms with van der Waals surface area (Å²) in [6.07, 6.45) is -0.397. The Morgan fingerprint density at radius 2 is 2.06 bits per heavy atom. The quantitative estimate of drug-likeness (QED) is 0.817. The summed E-state index contributed by atoms with van der Waals surface area (Å²) in [6, 6.07) is 6.03. The van der Waals surface area contributed by atoms with Crippen molar-refractivity contribution in [3.63, 3.8) is 0 Å². The molecule has 1 saturated heterocycles. The van der Waals surface area contributed by atoms with Gasteiger partial charge in [0, 0.05) is 6.04 Å². The highest BCUT2D eigenvalue weighted by molar-refractivity contribution is 7.91. The van der Waals surface area contributed by atoms with Crippen LogP contribution in [0.15, 0.2) is 24.3 Å². The van der Waals surface area contributed by atoms with E-state index in [2.05, 4.69) is 5.32 Å². The number of halogens is 1. The topological polar surface area (TPSA) is 66.4 Å². The lowest BCUT2D eigenvalue weighted by Crippen LogP contribution is -2.39. The van der Waals surface area contributed by atoms with Crippen LogP contribution in [-0.2, 0) is 16.3 Å². The van der Waals surface area contributed by atoms with E-state index < -0.39 is 22.0 Å². The van der Waals surface area contributed by atoms with E-state index in [0.717, 1.165) is 0 Å². The van der Waals surface area contributed by atoms with Gasteiger partial charge in [-0.2, -0.15) is 0 Å². The second-order valence-electron chi connectivity index (χ2n) is 4.55. The molecule has 1 aliphatic heterocycles. The van der Waals surface area contributed by atoms with Gasteiger partial charge in [-0.15, -0.1) is 0 Å². The second kappa shape index (κ2) is 5.34. The fourth-order valence-electron chi connectivity index (χ4n) is 2.12. The zero-order valence-corrected chi connectivity index (χ0v) is 10.7. The van der Waals surface area contributed by atoms with Crippen LogP contribution >= 0.6 is 0 Å². The first-order valence-corrected chi connectivity index (χ1v) is 7.65. The van der Waals surface area contributed by atoms with Gasteiger partial charge in [0.1, 0.15) is 5.82 Å². The molecule has 100 valence electrons. The Kier molecular flexibility index (Phi) is 3.99. The minimum absolute atomic E-state index is 0.0502. The average Bonchev–Trinajstić information content (AvgIpc) is 2.55. The van der Waals surface area contributed by atoms with E-state index in [4.69, 9.17) is 0 Å². The van der Waals surface area contributed by atoms with Gasteiger partial charge < -0.3 is 10.4 Å². The van der Waals surface area contributed by atoms with Crippen molar-refractivity contribution in [1.29, 1.82) is 0 Å². The number of nitrogens with one attached hydrogen (secondary N) is 1. The summed E-state index contributed by atoms with van der Waals surface area (Å²) in [4.78, 5) is 0. The highest BCUT2D eigenvalue weighted by Crippen LogP contribution is 2.13. The predicted octanol–water partition coefficient (Wildman–Crippen LogP) is 0.116. The van der Waals surface area contributed by atoms with Gasteiger partial charge in [0.05, 0.1) is 17.6 Å². The Bertz CT molecular complexity index is 518. The molecule has 1 aromatic rings. The molecule has 0 amide bonds. The average molecular weight is 273 g/mol. The lowest BCUT2D eigenvalue weighted by atomic mass is 10.1. The first-order valence-electron chi connectivity index (χ1n) is 5.83. The summed E-state index contributed by atoms with van der Waals surface area (Å²) in [5.74, 6) is -0.505. The van der Waals surface area contributed by atoms with Crippen LogP contribution in [0.25, 0.3) is 0 Å². The van der Waals surface area contributed by atoms with Crippen LogP contribution in [0, 0.1) is 5.82 Å². The highest BCUT2D eigenvalue weighted by Gasteiger charge is 2.35. The van der Waals surface area contributed by atoms with Crippen molar-refractivity contribution in [1.82, 2.24) is 5.32 Å². The molecule has 0 bridgehead atoms. The van der Waals surface area contributed by atoms with Gasteiger partial charge in [0.25, 0.3) is 0 Å². The molecule has 2 unspecified atom stereocenters. The summed E-state index contributed by atoms with van der Waals surface area (Å²) < 4.78 is 35.9. The van der Waals surface area contributed by atoms with E-state index in [-0.39, 0.29) is 17.3 Å². The maximum Gasteiger partial charge on any atom is 0.154 e. The van der Waals surface area contributed by atoms with Gasteiger partial charge in [-0.05, 0) is 24.6 Å². The summed E-state index contributed by atoms with van der Waals surface area (Å²) in [5, 5.41) is 12.5. The molecule has 1 aliphatic rings. The molecule has 0 radical (unpaired) electrons. The van der Waals surface area contributed by atoms with Gasteiger partial charge in [-0.25, -0.2) is 12.8 Å². The van der Waals surface area contributed by atoms with Crippen molar-refractivity contribution in [3.05, 3.63) is 35.6 Å². The standard InChI is InChI=1S/C12H16FNO3S/c13-10-4-2-1-3-9(10)5-6-14-11-7-18(16,17)8-12(11)15/h1-4,11-12,14-15H,5-8H2. The third kappa shape index (κ3) is 3.28. The number of benzene rings is 1. The van der Waals surface area contributed by atoms with Crippen molar-refractivity contribution in [3.8, 4) is 0 Å². The minimum Gasteiger partial charge on any atom is -0.390 e. The van der Waals surface area contributed by atoms with Gasteiger partial charge >= 0.3 is 0 Å². The molecule has 0 aliphatic carbocycles. The van der Waals surface area contributed by atoms with Crippen LogP contribution in [-0.4, -0.2) is 43.7 Å². The fraction of sp³-hybridized carbons (Fsp3) is 0.500. The molecule has 1 heterocycles. The number of aliphatic hydroxyl groups is 1. The van der Waals surface area contributed by atoms with E-state index in [1.165, 1.54) is 6.07 Å². The van der Waals surface area contributed by atoms with Gasteiger partial charge in [-0.3, -0.25) is 0 Å². The second-order valence-corrected chi connectivity index (χ2v) is 6.70. The molecular weight excluding hydrogens is 257 g/mol. The van der Waals surface area contributed by atoms with E-state index >= 15 is 0 Å². The third-order valence-electron chi connectivity index (χ3n) is 3.08. The molecular formula is C12H16FNO3S. The zero-order valence-electron chi connectivity index (χ0n) is 9.84. The summed E-state index contributed by atoms with van der Waals surface area (Å²) >= 11 is 0. The first-order chi connectivity index (χ1) is 8.48. The van der Waals surface area contributed by atoms with E-state index in [1.54, 1.807) is 18.2 Å². The normalized spacial score (nSPS) is 26.3. The lowest BCUT2D eigenvalue weighted by Gasteiger charge is -2.14. The van der Waals surface area contributed by atoms with Crippen LogP contribution < -0.4 is 5.32 Å². The first kappa shape index (κ1) is 13.5. The van der Waals surface area contributed by atoms with Crippen LogP contribution in [0.5, 0.6) is 0 Å². The molecule has 0 spiro atoms. The maximum absolute atomic E-state index is 13.3. The van der Waals surface area contributed by atoms with Crippen molar-refractivity contribution in [2.45, 2.75) is 18.6 Å². The molecule has 4 nitrogen and oxygen atoms in total. The summed E-state index contributed by atoms with van der Waals surface area (Å²) in [7, 11) is -3.13. The van der Waals surface area contributed by atoms with Gasteiger partial charge in [0.2, 0.25) is 0 Å². The molecule has 2 atom stereocenters. The van der Waals surface area contributed by atoms with Crippen LogP contribution in [0.1, 0.15) is 5.56 Å². The molecule has 0 saturated carbocycles. The van der Waals surface area contributed by atoms with Crippen molar-refractivity contribution >= 4 is 9.84 Å². The number of aliphatic hydroxyl groups excluding tert-OH is 1. The van der Waals surface area contributed by atoms with E-state index in [0.29, 0.717) is 18.5 Å². The molecule has 6 heteroatoms. The monoisotopic (exact) mass is 273 g/mol. The highest BCUT2D eigenvalue weighted by atomic mass is 32.2. The number of hydrogen-bond acceptors (Lipinski definition) is 4. The Labute approximate surface area is 106 Å². The Morgan fingerprint density at radius 1 is 1.33 bits per heavy atom. The van der Waals surface area contributed by atoms with Crippen molar-refractivity contribution in [2.75, 3.05) is 18.1 Å². The number of hydrogen-bond donors (Lipinski definition) is 2. The lowest BCUT2D eigenvalue weighted by molar-refractivity contribution is 0.166. The Balaban J connectivity index is 1.85. The van der Waals surface area contributed by atoms with Crippen LogP contribution in [0.2, 0.25) is 0 Å². The van der Waals surface area contributed by atoms with E-state index in [1.807, 2.05) is 0 Å². The molecule has 0 aromatic heterocycles. The molecule has 2 N–H and O–H groups in total. The van der Waals surface area contributed by atoms with Gasteiger partial charge in [0.15, 0.2) is 9.84 Å². The Morgan fingerprint density at radius 3 is 2.67 bits per heavy atom. The SMILES string of the molecule is O=S1(=O)CC(O)C(NCCc2ccccc2F)C1. The van der Waals surface area contributed by atoms with Crippen molar-refractivity contribution in [2.24, 2.45) is 0 Å². The van der Waals surface area contributed by atoms with Crippen LogP contribution in [0.4, 0.5) is 4.39 Å². The number of sulfone groups is 1. The molecule has 1 aromatic carbocycles.